The number of morpholine rings is 1. The van der Waals surface area contributed by atoms with Crippen LogP contribution in [0.5, 0.6) is 0 Å². The second-order valence-electron chi connectivity index (χ2n) is 6.99. The van der Waals surface area contributed by atoms with Crippen molar-refractivity contribution in [3.8, 4) is 0 Å². The fourth-order valence-electron chi connectivity index (χ4n) is 3.29. The third-order valence-corrected chi connectivity index (χ3v) is 5.80. The third kappa shape index (κ3) is 4.95. The van der Waals surface area contributed by atoms with E-state index in [1.807, 2.05) is 24.3 Å². The molecule has 2 aliphatic rings. The number of halogens is 1. The average Bonchev–Trinajstić information content (AvgIpc) is 3.04. The van der Waals surface area contributed by atoms with Crippen molar-refractivity contribution in [2.45, 2.75) is 0 Å². The van der Waals surface area contributed by atoms with E-state index in [1.54, 1.807) is 12.1 Å². The monoisotopic (exact) mass is 441 g/mol. The number of hydrogen-bond donors (Lipinski definition) is 1. The lowest BCUT2D eigenvalue weighted by molar-refractivity contribution is -0.127. The zero-order valence-electron chi connectivity index (χ0n) is 16.5. The molecule has 0 radical (unpaired) electrons. The Balaban J connectivity index is 1.41. The Morgan fingerprint density at radius 1 is 1.10 bits per heavy atom. The van der Waals surface area contributed by atoms with Gasteiger partial charge in [-0.15, -0.1) is 0 Å². The number of benzene rings is 2. The number of hydrogen-bond acceptors (Lipinski definition) is 6. The van der Waals surface area contributed by atoms with Crippen LogP contribution < -0.4 is 10.2 Å². The van der Waals surface area contributed by atoms with Crippen LogP contribution in [-0.4, -0.2) is 54.8 Å². The number of anilines is 2. The Labute approximate surface area is 182 Å². The molecule has 7 nitrogen and oxygen atoms in total. The molecule has 1 N–H and O–H groups in total. The van der Waals surface area contributed by atoms with Crippen LogP contribution in [0.3, 0.4) is 0 Å². The molecular formula is C22H20FN3O4S. The van der Waals surface area contributed by atoms with Crippen molar-refractivity contribution in [1.82, 2.24) is 4.90 Å². The van der Waals surface area contributed by atoms with Crippen LogP contribution >= 0.6 is 11.8 Å². The number of carbonyl (C=O) groups excluding carboxylic acids is 3. The second kappa shape index (κ2) is 9.32. The van der Waals surface area contributed by atoms with E-state index in [4.69, 9.17) is 4.74 Å². The number of carbonyl (C=O) groups is 3. The number of amides is 3. The summed E-state index contributed by atoms with van der Waals surface area (Å²) in [7, 11) is 0. The van der Waals surface area contributed by atoms with Gasteiger partial charge in [-0.1, -0.05) is 24.3 Å². The van der Waals surface area contributed by atoms with Crippen LogP contribution in [-0.2, 0) is 14.3 Å². The molecule has 0 aliphatic carbocycles. The Kier molecular flexibility index (Phi) is 6.34. The number of rotatable bonds is 5. The number of nitrogens with zero attached hydrogens (tertiary/aromatic N) is 2. The van der Waals surface area contributed by atoms with Gasteiger partial charge in [0.2, 0.25) is 5.91 Å². The van der Waals surface area contributed by atoms with Gasteiger partial charge in [-0.25, -0.2) is 4.39 Å². The maximum Gasteiger partial charge on any atom is 0.294 e. The first kappa shape index (κ1) is 21.1. The summed E-state index contributed by atoms with van der Waals surface area (Å²) < 4.78 is 19.0. The Morgan fingerprint density at radius 2 is 1.81 bits per heavy atom. The molecule has 0 saturated carbocycles. The zero-order valence-corrected chi connectivity index (χ0v) is 17.4. The maximum absolute atomic E-state index is 13.7. The number of para-hydroxylation sites is 1. The highest BCUT2D eigenvalue weighted by molar-refractivity contribution is 8.18. The molecule has 31 heavy (non-hydrogen) atoms. The SMILES string of the molecule is O=C(CN1C(=O)S/C(=C\c2ccc(N3CCOCC3)cc2)C1=O)Nc1ccccc1F. The first-order valence-corrected chi connectivity index (χ1v) is 10.6. The molecule has 0 spiro atoms. The minimum Gasteiger partial charge on any atom is -0.378 e. The lowest BCUT2D eigenvalue weighted by Crippen LogP contribution is -2.36. The molecule has 2 aromatic rings. The average molecular weight is 441 g/mol. The van der Waals surface area contributed by atoms with Crippen molar-refractivity contribution in [3.63, 3.8) is 0 Å². The van der Waals surface area contributed by atoms with Gasteiger partial charge in [0.1, 0.15) is 12.4 Å². The fourth-order valence-corrected chi connectivity index (χ4v) is 4.12. The van der Waals surface area contributed by atoms with Crippen LogP contribution in [0.2, 0.25) is 0 Å². The molecule has 4 rings (SSSR count). The highest BCUT2D eigenvalue weighted by atomic mass is 32.2. The summed E-state index contributed by atoms with van der Waals surface area (Å²) >= 11 is 0.778. The molecule has 0 unspecified atom stereocenters. The summed E-state index contributed by atoms with van der Waals surface area (Å²) in [6, 6.07) is 13.4. The summed E-state index contributed by atoms with van der Waals surface area (Å²) in [6.45, 7) is 2.56. The largest absolute Gasteiger partial charge is 0.378 e. The smallest absolute Gasteiger partial charge is 0.294 e. The normalized spacial score (nSPS) is 18.0. The minimum atomic E-state index is -0.650. The predicted octanol–water partition coefficient (Wildman–Crippen LogP) is 3.34. The topological polar surface area (TPSA) is 79.0 Å². The Hall–Kier alpha value is -3.17. The van der Waals surface area contributed by atoms with Gasteiger partial charge in [-0.05, 0) is 47.7 Å². The van der Waals surface area contributed by atoms with Gasteiger partial charge < -0.3 is 15.0 Å². The Morgan fingerprint density at radius 3 is 2.52 bits per heavy atom. The van der Waals surface area contributed by atoms with Gasteiger partial charge >= 0.3 is 0 Å². The van der Waals surface area contributed by atoms with Gasteiger partial charge in [0.25, 0.3) is 11.1 Å². The van der Waals surface area contributed by atoms with Gasteiger partial charge in [-0.3, -0.25) is 19.3 Å². The van der Waals surface area contributed by atoms with E-state index in [0.29, 0.717) is 13.2 Å². The molecule has 2 saturated heterocycles. The Bertz CT molecular complexity index is 1040. The highest BCUT2D eigenvalue weighted by Crippen LogP contribution is 2.32. The third-order valence-electron chi connectivity index (χ3n) is 4.89. The quantitative estimate of drug-likeness (QED) is 0.717. The zero-order chi connectivity index (χ0) is 21.8. The van der Waals surface area contributed by atoms with E-state index in [9.17, 15) is 18.8 Å². The molecule has 2 fully saturated rings. The van der Waals surface area contributed by atoms with Crippen LogP contribution in [0.15, 0.2) is 53.4 Å². The number of nitrogens with one attached hydrogen (secondary N) is 1. The highest BCUT2D eigenvalue weighted by Gasteiger charge is 2.36. The summed E-state index contributed by atoms with van der Waals surface area (Å²) in [5.41, 5.74) is 1.84. The minimum absolute atomic E-state index is 0.00429. The predicted molar refractivity (Wildman–Crippen MR) is 117 cm³/mol. The molecule has 0 aromatic heterocycles. The fraction of sp³-hybridized carbons (Fsp3) is 0.227. The lowest BCUT2D eigenvalue weighted by atomic mass is 10.1. The molecule has 2 aliphatic heterocycles. The summed E-state index contributed by atoms with van der Waals surface area (Å²) in [6.07, 6.45) is 1.63. The summed E-state index contributed by atoms with van der Waals surface area (Å²) in [5, 5.41) is 1.84. The second-order valence-corrected chi connectivity index (χ2v) is 7.98. The van der Waals surface area contributed by atoms with Gasteiger partial charge in [0.05, 0.1) is 23.8 Å². The molecule has 2 aromatic carbocycles. The van der Waals surface area contributed by atoms with Gasteiger partial charge in [-0.2, -0.15) is 0 Å². The first-order chi connectivity index (χ1) is 15.0. The molecule has 9 heteroatoms. The number of thioether (sulfide) groups is 1. The van der Waals surface area contributed by atoms with Crippen LogP contribution in [0, 0.1) is 5.82 Å². The van der Waals surface area contributed by atoms with E-state index in [0.717, 1.165) is 41.0 Å². The first-order valence-electron chi connectivity index (χ1n) is 9.74. The van der Waals surface area contributed by atoms with Crippen molar-refractivity contribution in [2.75, 3.05) is 43.1 Å². The molecule has 160 valence electrons. The molecule has 2 heterocycles. The molecule has 0 atom stereocenters. The van der Waals surface area contributed by atoms with E-state index in [1.165, 1.54) is 18.2 Å². The van der Waals surface area contributed by atoms with E-state index < -0.39 is 29.4 Å². The molecule has 0 bridgehead atoms. The summed E-state index contributed by atoms with van der Waals surface area (Å²) in [4.78, 5) is 40.4. The summed E-state index contributed by atoms with van der Waals surface area (Å²) in [5.74, 6) is -1.79. The van der Waals surface area contributed by atoms with E-state index in [-0.39, 0.29) is 10.6 Å². The molecular weight excluding hydrogens is 421 g/mol. The van der Waals surface area contributed by atoms with E-state index in [2.05, 4.69) is 10.2 Å². The van der Waals surface area contributed by atoms with E-state index >= 15 is 0 Å². The number of imide groups is 1. The van der Waals surface area contributed by atoms with Crippen LogP contribution in [0.1, 0.15) is 5.56 Å². The van der Waals surface area contributed by atoms with Crippen LogP contribution in [0.4, 0.5) is 20.6 Å². The van der Waals surface area contributed by atoms with Gasteiger partial charge in [0.15, 0.2) is 0 Å². The lowest BCUT2D eigenvalue weighted by Gasteiger charge is -2.28. The van der Waals surface area contributed by atoms with Gasteiger partial charge in [0, 0.05) is 18.8 Å². The number of ether oxygens (including phenoxy) is 1. The van der Waals surface area contributed by atoms with Crippen molar-refractivity contribution in [3.05, 3.63) is 64.8 Å². The maximum atomic E-state index is 13.7. The van der Waals surface area contributed by atoms with Crippen molar-refractivity contribution in [1.29, 1.82) is 0 Å². The van der Waals surface area contributed by atoms with Crippen molar-refractivity contribution >= 4 is 46.3 Å². The standard InChI is InChI=1S/C22H20FN3O4S/c23-17-3-1-2-4-18(17)24-20(27)14-26-21(28)19(31-22(26)29)13-15-5-7-16(8-6-15)25-9-11-30-12-10-25/h1-8,13H,9-12,14H2,(H,24,27)/b19-13-. The molecule has 3 amide bonds. The van der Waals surface area contributed by atoms with Crippen LogP contribution in [0.25, 0.3) is 6.08 Å². The van der Waals surface area contributed by atoms with Crippen molar-refractivity contribution < 1.29 is 23.5 Å². The van der Waals surface area contributed by atoms with Crippen molar-refractivity contribution in [2.24, 2.45) is 0 Å².